The highest BCUT2D eigenvalue weighted by Crippen LogP contribution is 2.35. The first-order valence-electron chi connectivity index (χ1n) is 10.9. The Hall–Kier alpha value is -2.67. The van der Waals surface area contributed by atoms with Gasteiger partial charge in [0, 0.05) is 6.54 Å². The number of urea groups is 1. The first-order valence-corrected chi connectivity index (χ1v) is 11.3. The molecule has 0 aliphatic heterocycles. The standard InChI is InChI=1S/C24H31N3O3S/c1-3-4-5-6-7-8-16-25-24(28)27(31)23-22-20(10-9-11-21(22)30-26-23)29-17-19-14-12-18(2)13-15-19/h9-15,31H,3-8,16-17H2,1-2H3,(H,25,28). The number of ether oxygens (including phenoxy) is 1. The zero-order valence-corrected chi connectivity index (χ0v) is 19.2. The van der Waals surface area contributed by atoms with Crippen molar-refractivity contribution >= 4 is 35.6 Å². The van der Waals surface area contributed by atoms with Crippen LogP contribution in [0.5, 0.6) is 5.75 Å². The molecule has 0 aliphatic carbocycles. The lowest BCUT2D eigenvalue weighted by molar-refractivity contribution is 0.249. The zero-order valence-electron chi connectivity index (χ0n) is 18.3. The molecule has 6 nitrogen and oxygen atoms in total. The molecule has 3 aromatic rings. The van der Waals surface area contributed by atoms with Crippen LogP contribution in [0.25, 0.3) is 11.0 Å². The Labute approximate surface area is 189 Å². The molecule has 0 radical (unpaired) electrons. The minimum Gasteiger partial charge on any atom is -0.488 e. The maximum Gasteiger partial charge on any atom is 0.333 e. The molecule has 0 unspecified atom stereocenters. The average Bonchev–Trinajstić information content (AvgIpc) is 3.22. The van der Waals surface area contributed by atoms with E-state index in [2.05, 4.69) is 30.2 Å². The first kappa shape index (κ1) is 23.0. The monoisotopic (exact) mass is 441 g/mol. The lowest BCUT2D eigenvalue weighted by Gasteiger charge is -2.15. The Kier molecular flexibility index (Phi) is 8.64. The summed E-state index contributed by atoms with van der Waals surface area (Å²) in [7, 11) is 0. The number of aryl methyl sites for hydroxylation is 1. The fourth-order valence-corrected chi connectivity index (χ4v) is 3.53. The molecule has 2 amide bonds. The van der Waals surface area contributed by atoms with Crippen LogP contribution >= 0.6 is 12.8 Å². The Bertz CT molecular complexity index is 972. The number of rotatable bonds is 11. The Morgan fingerprint density at radius 1 is 1.10 bits per heavy atom. The van der Waals surface area contributed by atoms with Crippen molar-refractivity contribution in [2.75, 3.05) is 10.8 Å². The molecule has 0 saturated carbocycles. The molecule has 3 rings (SSSR count). The van der Waals surface area contributed by atoms with E-state index in [1.165, 1.54) is 35.6 Å². The number of unbranched alkanes of at least 4 members (excludes halogenated alkanes) is 5. The third-order valence-electron chi connectivity index (χ3n) is 5.16. The zero-order chi connectivity index (χ0) is 22.1. The lowest BCUT2D eigenvalue weighted by Crippen LogP contribution is -2.34. The van der Waals surface area contributed by atoms with Crippen LogP contribution in [0.15, 0.2) is 47.0 Å². The van der Waals surface area contributed by atoms with Gasteiger partial charge in [-0.25, -0.2) is 9.10 Å². The quantitative estimate of drug-likeness (QED) is 0.265. The van der Waals surface area contributed by atoms with E-state index in [1.807, 2.05) is 43.3 Å². The summed E-state index contributed by atoms with van der Waals surface area (Å²) in [5.74, 6) is 0.912. The number of nitrogens with one attached hydrogen (secondary N) is 1. The third-order valence-corrected chi connectivity index (χ3v) is 5.53. The lowest BCUT2D eigenvalue weighted by atomic mass is 10.1. The third kappa shape index (κ3) is 6.40. The smallest absolute Gasteiger partial charge is 0.333 e. The Morgan fingerprint density at radius 3 is 2.61 bits per heavy atom. The van der Waals surface area contributed by atoms with Crippen LogP contribution in [0.3, 0.4) is 0 Å². The normalized spacial score (nSPS) is 10.9. The van der Waals surface area contributed by atoms with Crippen molar-refractivity contribution in [3.8, 4) is 5.75 Å². The molecule has 0 bridgehead atoms. The van der Waals surface area contributed by atoms with Gasteiger partial charge in [0.2, 0.25) is 5.82 Å². The number of amides is 2. The second-order valence-corrected chi connectivity index (χ2v) is 8.12. The highest BCUT2D eigenvalue weighted by molar-refractivity contribution is 7.82. The summed E-state index contributed by atoms with van der Waals surface area (Å²) in [6.45, 7) is 5.26. The Morgan fingerprint density at radius 2 is 1.84 bits per heavy atom. The predicted molar refractivity (Wildman–Crippen MR) is 128 cm³/mol. The van der Waals surface area contributed by atoms with Gasteiger partial charge in [0.05, 0.1) is 0 Å². The van der Waals surface area contributed by atoms with Crippen molar-refractivity contribution in [3.05, 3.63) is 53.6 Å². The van der Waals surface area contributed by atoms with E-state index >= 15 is 0 Å². The summed E-state index contributed by atoms with van der Waals surface area (Å²) in [6, 6.07) is 13.3. The number of benzene rings is 2. The fraction of sp³-hybridized carbons (Fsp3) is 0.417. The van der Waals surface area contributed by atoms with E-state index in [9.17, 15) is 4.79 Å². The van der Waals surface area contributed by atoms with Gasteiger partial charge in [-0.15, -0.1) is 0 Å². The van der Waals surface area contributed by atoms with Gasteiger partial charge < -0.3 is 14.6 Å². The van der Waals surface area contributed by atoms with Crippen LogP contribution in [0, 0.1) is 6.92 Å². The number of nitrogens with zero attached hydrogens (tertiary/aromatic N) is 2. The topological polar surface area (TPSA) is 67.6 Å². The van der Waals surface area contributed by atoms with Crippen molar-refractivity contribution in [3.63, 3.8) is 0 Å². The van der Waals surface area contributed by atoms with Crippen molar-refractivity contribution in [1.82, 2.24) is 10.5 Å². The average molecular weight is 442 g/mol. The number of hydrogen-bond acceptors (Lipinski definition) is 5. The van der Waals surface area contributed by atoms with Crippen molar-refractivity contribution in [2.24, 2.45) is 0 Å². The van der Waals surface area contributed by atoms with E-state index in [0.717, 1.165) is 18.4 Å². The Balaban J connectivity index is 1.62. The summed E-state index contributed by atoms with van der Waals surface area (Å²) in [5, 5.41) is 7.58. The molecule has 7 heteroatoms. The van der Waals surface area contributed by atoms with Gasteiger partial charge in [0.1, 0.15) is 17.7 Å². The molecule has 0 saturated heterocycles. The highest BCUT2D eigenvalue weighted by atomic mass is 32.1. The molecule has 31 heavy (non-hydrogen) atoms. The molecule has 166 valence electrons. The maximum absolute atomic E-state index is 12.6. The van der Waals surface area contributed by atoms with Crippen LogP contribution in [0.1, 0.15) is 56.6 Å². The number of hydrogen-bond donors (Lipinski definition) is 2. The molecule has 0 fully saturated rings. The largest absolute Gasteiger partial charge is 0.488 e. The van der Waals surface area contributed by atoms with Crippen LogP contribution in [-0.2, 0) is 6.61 Å². The van der Waals surface area contributed by atoms with Gasteiger partial charge >= 0.3 is 6.03 Å². The number of fused-ring (bicyclic) bond motifs is 1. The summed E-state index contributed by atoms with van der Waals surface area (Å²) in [4.78, 5) is 12.6. The molecule has 1 N–H and O–H groups in total. The van der Waals surface area contributed by atoms with Crippen molar-refractivity contribution in [2.45, 2.75) is 59.0 Å². The summed E-state index contributed by atoms with van der Waals surface area (Å²) in [6.07, 6.45) is 7.00. The molecule has 2 aromatic carbocycles. The summed E-state index contributed by atoms with van der Waals surface area (Å²) in [5.41, 5.74) is 2.80. The minimum absolute atomic E-state index is 0.318. The van der Waals surface area contributed by atoms with E-state index in [-0.39, 0.29) is 6.03 Å². The number of carbonyl (C=O) groups is 1. The molecule has 0 spiro atoms. The van der Waals surface area contributed by atoms with Gasteiger partial charge in [-0.05, 0) is 31.0 Å². The number of thiol groups is 1. The van der Waals surface area contributed by atoms with E-state index in [0.29, 0.717) is 35.7 Å². The summed E-state index contributed by atoms with van der Waals surface area (Å²) < 4.78 is 12.6. The van der Waals surface area contributed by atoms with Crippen LogP contribution in [0.4, 0.5) is 10.6 Å². The van der Waals surface area contributed by atoms with Gasteiger partial charge in [-0.1, -0.05) is 92.9 Å². The second kappa shape index (κ2) is 11.6. The molecule has 1 aromatic heterocycles. The minimum atomic E-state index is -0.333. The number of aromatic nitrogens is 1. The van der Waals surface area contributed by atoms with Crippen LogP contribution in [-0.4, -0.2) is 17.7 Å². The SMILES string of the molecule is CCCCCCCCNC(=O)N(S)c1noc2cccc(OCc3ccc(C)cc3)c12. The van der Waals surface area contributed by atoms with Gasteiger partial charge in [0.25, 0.3) is 0 Å². The number of carbonyl (C=O) groups excluding carboxylic acids is 1. The van der Waals surface area contributed by atoms with Gasteiger partial charge in [-0.2, -0.15) is 0 Å². The van der Waals surface area contributed by atoms with Gasteiger partial charge in [0.15, 0.2) is 5.58 Å². The van der Waals surface area contributed by atoms with E-state index < -0.39 is 0 Å². The molecule has 1 heterocycles. The van der Waals surface area contributed by atoms with Crippen LogP contribution < -0.4 is 14.4 Å². The van der Waals surface area contributed by atoms with Gasteiger partial charge in [-0.3, -0.25) is 0 Å². The highest BCUT2D eigenvalue weighted by Gasteiger charge is 2.22. The van der Waals surface area contributed by atoms with Crippen molar-refractivity contribution in [1.29, 1.82) is 0 Å². The molecular formula is C24H31N3O3S. The molecule has 0 aliphatic rings. The molecule has 0 atom stereocenters. The van der Waals surface area contributed by atoms with Crippen LogP contribution in [0.2, 0.25) is 0 Å². The molecular weight excluding hydrogens is 410 g/mol. The second-order valence-electron chi connectivity index (χ2n) is 7.72. The van der Waals surface area contributed by atoms with E-state index in [4.69, 9.17) is 9.26 Å². The van der Waals surface area contributed by atoms with E-state index in [1.54, 1.807) is 6.07 Å². The maximum atomic E-state index is 12.6. The first-order chi connectivity index (χ1) is 15.1. The predicted octanol–water partition coefficient (Wildman–Crippen LogP) is 6.44. The summed E-state index contributed by atoms with van der Waals surface area (Å²) >= 11 is 4.37. The number of anilines is 1. The van der Waals surface area contributed by atoms with Crippen molar-refractivity contribution < 1.29 is 14.1 Å². The fourth-order valence-electron chi connectivity index (χ4n) is 3.33.